The van der Waals surface area contributed by atoms with Crippen molar-refractivity contribution in [1.29, 1.82) is 0 Å². The SMILES string of the molecule is CC1=[C]([Zr]([C]2=CC=CC2)([C]2=CC=CC2)=[C](C)C)CC=C1. The molecule has 0 aromatic carbocycles. The van der Waals surface area contributed by atoms with Crippen molar-refractivity contribution in [3.63, 3.8) is 0 Å². The fourth-order valence-electron chi connectivity index (χ4n) is 4.05. The summed E-state index contributed by atoms with van der Waals surface area (Å²) in [5.74, 6) is 0. The molecule has 3 aliphatic rings. The Hall–Kier alpha value is -0.807. The minimum absolute atomic E-state index is 1.18. The van der Waals surface area contributed by atoms with Gasteiger partial charge in [-0.15, -0.1) is 0 Å². The molecule has 3 aliphatic carbocycles. The molecule has 0 heterocycles. The van der Waals surface area contributed by atoms with Crippen molar-refractivity contribution in [3.05, 3.63) is 64.0 Å². The molecule has 20 heavy (non-hydrogen) atoms. The fraction of sp³-hybridized carbons (Fsp3) is 0.316. The van der Waals surface area contributed by atoms with Crippen LogP contribution in [-0.2, 0) is 19.8 Å². The van der Waals surface area contributed by atoms with Gasteiger partial charge in [-0.25, -0.2) is 0 Å². The van der Waals surface area contributed by atoms with Crippen LogP contribution in [0.5, 0.6) is 0 Å². The molecule has 0 aliphatic heterocycles. The van der Waals surface area contributed by atoms with Gasteiger partial charge >= 0.3 is 127 Å². The number of rotatable bonds is 3. The molecular weight excluding hydrogens is 319 g/mol. The van der Waals surface area contributed by atoms with Crippen molar-refractivity contribution in [1.82, 2.24) is 0 Å². The maximum atomic E-state index is 2.43. The summed E-state index contributed by atoms with van der Waals surface area (Å²) in [6.07, 6.45) is 22.3. The first-order chi connectivity index (χ1) is 9.67. The van der Waals surface area contributed by atoms with Gasteiger partial charge in [-0.3, -0.25) is 0 Å². The Bertz CT molecular complexity index is 635. The zero-order chi connectivity index (χ0) is 14.2. The molecule has 0 saturated heterocycles. The second-order valence-electron chi connectivity index (χ2n) is 6.17. The van der Waals surface area contributed by atoms with Gasteiger partial charge in [0.1, 0.15) is 0 Å². The zero-order valence-electron chi connectivity index (χ0n) is 12.7. The summed E-state index contributed by atoms with van der Waals surface area (Å²) in [6, 6.07) is 0. The molecular formula is C19H23Zr. The van der Waals surface area contributed by atoms with Crippen LogP contribution in [0.1, 0.15) is 40.0 Å². The second kappa shape index (κ2) is 5.53. The van der Waals surface area contributed by atoms with Crippen LogP contribution in [0.2, 0.25) is 0 Å². The van der Waals surface area contributed by atoms with Gasteiger partial charge in [0.25, 0.3) is 0 Å². The summed E-state index contributed by atoms with van der Waals surface area (Å²) in [7, 11) is 0. The van der Waals surface area contributed by atoms with E-state index in [9.17, 15) is 0 Å². The molecule has 0 saturated carbocycles. The number of hydrogen-bond donors (Lipinski definition) is 0. The van der Waals surface area contributed by atoms with Gasteiger partial charge in [-0.05, 0) is 0 Å². The van der Waals surface area contributed by atoms with Crippen LogP contribution in [-0.4, -0.2) is 3.21 Å². The van der Waals surface area contributed by atoms with Gasteiger partial charge in [-0.2, -0.15) is 0 Å². The Morgan fingerprint density at radius 1 is 0.900 bits per heavy atom. The topological polar surface area (TPSA) is 0 Å². The Kier molecular flexibility index (Phi) is 3.91. The van der Waals surface area contributed by atoms with Gasteiger partial charge in [0.15, 0.2) is 0 Å². The molecule has 0 atom stereocenters. The van der Waals surface area contributed by atoms with Gasteiger partial charge in [0, 0.05) is 0 Å². The quantitative estimate of drug-likeness (QED) is 0.655. The predicted octanol–water partition coefficient (Wildman–Crippen LogP) is 5.27. The van der Waals surface area contributed by atoms with Crippen LogP contribution in [0, 0.1) is 0 Å². The molecule has 0 spiro atoms. The molecule has 1 heteroatoms. The molecule has 0 amide bonds. The maximum absolute atomic E-state index is 2.75. The van der Waals surface area contributed by atoms with E-state index in [0.29, 0.717) is 0 Å². The van der Waals surface area contributed by atoms with E-state index in [1.54, 1.807) is 18.6 Å². The summed E-state index contributed by atoms with van der Waals surface area (Å²) in [6.45, 7) is 7.11. The van der Waals surface area contributed by atoms with Crippen LogP contribution in [0.15, 0.2) is 64.0 Å². The molecule has 3 rings (SSSR count). The summed E-state index contributed by atoms with van der Waals surface area (Å²) in [4.78, 5) is 0. The summed E-state index contributed by atoms with van der Waals surface area (Å²) >= 11 is -2.75. The van der Waals surface area contributed by atoms with Crippen LogP contribution in [0.4, 0.5) is 0 Å². The first-order valence-electron chi connectivity index (χ1n) is 7.57. The number of hydrogen-bond acceptors (Lipinski definition) is 0. The van der Waals surface area contributed by atoms with Crippen molar-refractivity contribution < 1.29 is 19.8 Å². The van der Waals surface area contributed by atoms with Gasteiger partial charge in [0.05, 0.1) is 0 Å². The minimum atomic E-state index is -2.75. The normalized spacial score (nSPS) is 20.9. The first-order valence-corrected chi connectivity index (χ1v) is 12.5. The van der Waals surface area contributed by atoms with Crippen LogP contribution in [0.3, 0.4) is 0 Å². The molecule has 0 aromatic rings. The van der Waals surface area contributed by atoms with Crippen LogP contribution in [0.25, 0.3) is 0 Å². The van der Waals surface area contributed by atoms with Crippen molar-refractivity contribution in [2.75, 3.05) is 0 Å². The summed E-state index contributed by atoms with van der Waals surface area (Å²) in [5, 5.41) is 0. The molecule has 103 valence electrons. The zero-order valence-corrected chi connectivity index (χ0v) is 15.2. The Labute approximate surface area is 126 Å². The van der Waals surface area contributed by atoms with Gasteiger partial charge in [-0.1, -0.05) is 0 Å². The third kappa shape index (κ3) is 2.02. The van der Waals surface area contributed by atoms with E-state index in [2.05, 4.69) is 69.4 Å². The summed E-state index contributed by atoms with van der Waals surface area (Å²) in [5.41, 5.74) is 1.54. The van der Waals surface area contributed by atoms with Crippen molar-refractivity contribution in [2.45, 2.75) is 40.0 Å². The Balaban J connectivity index is 2.27. The van der Waals surface area contributed by atoms with E-state index in [4.69, 9.17) is 0 Å². The average Bonchev–Trinajstić information content (AvgIpc) is 3.14. The van der Waals surface area contributed by atoms with Crippen molar-refractivity contribution >= 4 is 3.21 Å². The standard InChI is InChI=1S/C6H7.2C5H5.C3H6.Zr/c1-6-4-2-3-5-6;2*1-2-4-5-3-1;1-3-2;/h2,4H,3H2,1H3;2*1-3H,4H2;1-2H3;. The average molecular weight is 343 g/mol. The van der Waals surface area contributed by atoms with Crippen LogP contribution < -0.4 is 0 Å². The molecule has 0 fully saturated rings. The fourth-order valence-corrected chi connectivity index (χ4v) is 18.1. The Morgan fingerprint density at radius 2 is 1.50 bits per heavy atom. The van der Waals surface area contributed by atoms with E-state index in [1.807, 2.05) is 0 Å². The third-order valence-corrected chi connectivity index (χ3v) is 18.8. The molecule has 0 radical (unpaired) electrons. The first kappa shape index (κ1) is 14.1. The molecule has 0 N–H and O–H groups in total. The van der Waals surface area contributed by atoms with Crippen LogP contribution >= 0.6 is 0 Å². The van der Waals surface area contributed by atoms with E-state index in [1.165, 1.54) is 19.3 Å². The third-order valence-electron chi connectivity index (χ3n) is 4.87. The van der Waals surface area contributed by atoms with Crippen molar-refractivity contribution in [2.24, 2.45) is 0 Å². The second-order valence-corrected chi connectivity index (χ2v) is 17.0. The Morgan fingerprint density at radius 3 is 1.85 bits per heavy atom. The molecule has 0 bridgehead atoms. The number of allylic oxidation sites excluding steroid dienone is 12. The van der Waals surface area contributed by atoms with E-state index < -0.39 is 19.8 Å². The van der Waals surface area contributed by atoms with Crippen molar-refractivity contribution in [3.8, 4) is 0 Å². The van der Waals surface area contributed by atoms with E-state index in [-0.39, 0.29) is 0 Å². The monoisotopic (exact) mass is 341 g/mol. The van der Waals surface area contributed by atoms with E-state index >= 15 is 0 Å². The molecule has 0 aromatic heterocycles. The predicted molar refractivity (Wildman–Crippen MR) is 86.5 cm³/mol. The molecule has 0 nitrogen and oxygen atoms in total. The van der Waals surface area contributed by atoms with E-state index in [0.717, 1.165) is 0 Å². The van der Waals surface area contributed by atoms with Gasteiger partial charge in [0.2, 0.25) is 0 Å². The van der Waals surface area contributed by atoms with Gasteiger partial charge < -0.3 is 0 Å². The molecule has 0 unspecified atom stereocenters. The summed E-state index contributed by atoms with van der Waals surface area (Å²) < 4.78 is 7.02.